The van der Waals surface area contributed by atoms with Crippen molar-refractivity contribution in [2.75, 3.05) is 13.1 Å². The van der Waals surface area contributed by atoms with E-state index in [1.807, 2.05) is 23.5 Å². The Hall–Kier alpha value is -0.830. The van der Waals surface area contributed by atoms with Gasteiger partial charge in [0.15, 0.2) is 0 Å². The fourth-order valence-corrected chi connectivity index (χ4v) is 3.38. The van der Waals surface area contributed by atoms with Crippen molar-refractivity contribution in [3.63, 3.8) is 0 Å². The Balaban J connectivity index is 1.89. The van der Waals surface area contributed by atoms with Crippen LogP contribution < -0.4 is 5.32 Å². The highest BCUT2D eigenvalue weighted by Crippen LogP contribution is 2.34. The molecule has 2 aromatic rings. The largest absolute Gasteiger partial charge is 0.315 e. The van der Waals surface area contributed by atoms with Crippen molar-refractivity contribution in [2.24, 2.45) is 0 Å². The standard InChI is InChI=1S/C14H14ClNS/c15-12-5-3-11(4-6-12)14(9-16-10-14)8-13-2-1-7-17-13/h1-7,16H,8-10H2. The van der Waals surface area contributed by atoms with Crippen LogP contribution >= 0.6 is 22.9 Å². The Morgan fingerprint density at radius 1 is 1.18 bits per heavy atom. The third kappa shape index (κ3) is 2.13. The Kier molecular flexibility index (Phi) is 2.95. The molecule has 88 valence electrons. The van der Waals surface area contributed by atoms with Crippen molar-refractivity contribution in [2.45, 2.75) is 11.8 Å². The molecule has 0 saturated carbocycles. The molecule has 1 nitrogen and oxygen atoms in total. The minimum atomic E-state index is 0.273. The minimum Gasteiger partial charge on any atom is -0.315 e. The average Bonchev–Trinajstić information content (AvgIpc) is 2.77. The SMILES string of the molecule is Clc1ccc(C2(Cc3cccs3)CNC2)cc1. The third-order valence-corrected chi connectivity index (χ3v) is 4.60. The van der Waals surface area contributed by atoms with Crippen LogP contribution in [0.5, 0.6) is 0 Å². The molecular weight excluding hydrogens is 250 g/mol. The molecule has 17 heavy (non-hydrogen) atoms. The summed E-state index contributed by atoms with van der Waals surface area (Å²) in [6.45, 7) is 2.12. The molecule has 0 unspecified atom stereocenters. The molecule has 0 aliphatic carbocycles. The Labute approximate surface area is 110 Å². The van der Waals surface area contributed by atoms with Crippen LogP contribution in [-0.4, -0.2) is 13.1 Å². The van der Waals surface area contributed by atoms with Crippen molar-refractivity contribution in [3.05, 3.63) is 57.2 Å². The summed E-state index contributed by atoms with van der Waals surface area (Å²) < 4.78 is 0. The molecule has 1 saturated heterocycles. The minimum absolute atomic E-state index is 0.273. The van der Waals surface area contributed by atoms with Crippen LogP contribution in [0.3, 0.4) is 0 Å². The maximum atomic E-state index is 5.95. The number of nitrogens with one attached hydrogen (secondary N) is 1. The molecule has 1 fully saturated rings. The zero-order valence-electron chi connectivity index (χ0n) is 9.45. The quantitative estimate of drug-likeness (QED) is 0.894. The number of thiophene rings is 1. The molecule has 2 heterocycles. The zero-order valence-corrected chi connectivity index (χ0v) is 11.0. The summed E-state index contributed by atoms with van der Waals surface area (Å²) in [6.07, 6.45) is 1.12. The number of hydrogen-bond acceptors (Lipinski definition) is 2. The zero-order chi connectivity index (χ0) is 11.7. The van der Waals surface area contributed by atoms with E-state index in [0.717, 1.165) is 24.5 Å². The first-order chi connectivity index (χ1) is 8.28. The topological polar surface area (TPSA) is 12.0 Å². The summed E-state index contributed by atoms with van der Waals surface area (Å²) in [5, 5.41) is 6.36. The third-order valence-electron chi connectivity index (χ3n) is 3.48. The van der Waals surface area contributed by atoms with E-state index in [0.29, 0.717) is 0 Å². The average molecular weight is 264 g/mol. The van der Waals surface area contributed by atoms with Crippen LogP contribution in [0.25, 0.3) is 0 Å². The molecule has 1 aromatic carbocycles. The Bertz CT molecular complexity index is 485. The molecule has 1 aromatic heterocycles. The predicted octanol–water partition coefficient (Wildman–Crippen LogP) is 3.49. The van der Waals surface area contributed by atoms with Crippen molar-refractivity contribution < 1.29 is 0 Å². The van der Waals surface area contributed by atoms with Gasteiger partial charge in [-0.3, -0.25) is 0 Å². The van der Waals surface area contributed by atoms with Crippen molar-refractivity contribution >= 4 is 22.9 Å². The number of hydrogen-bond donors (Lipinski definition) is 1. The molecule has 0 radical (unpaired) electrons. The highest BCUT2D eigenvalue weighted by molar-refractivity contribution is 7.09. The van der Waals surface area contributed by atoms with Crippen molar-refractivity contribution in [1.29, 1.82) is 0 Å². The van der Waals surface area contributed by atoms with E-state index in [4.69, 9.17) is 11.6 Å². The van der Waals surface area contributed by atoms with Crippen LogP contribution in [0.1, 0.15) is 10.4 Å². The second-order valence-electron chi connectivity index (χ2n) is 4.65. The van der Waals surface area contributed by atoms with Gasteiger partial charge in [0.1, 0.15) is 0 Å². The molecule has 0 amide bonds. The van der Waals surface area contributed by atoms with Gasteiger partial charge < -0.3 is 5.32 Å². The van der Waals surface area contributed by atoms with Gasteiger partial charge in [0.2, 0.25) is 0 Å². The summed E-state index contributed by atoms with van der Waals surface area (Å²) in [5.41, 5.74) is 1.67. The number of halogens is 1. The first-order valence-corrected chi connectivity index (χ1v) is 7.03. The maximum Gasteiger partial charge on any atom is 0.0406 e. The van der Waals surface area contributed by atoms with Crippen LogP contribution in [0, 0.1) is 0 Å². The summed E-state index contributed by atoms with van der Waals surface area (Å²) in [6, 6.07) is 12.7. The highest BCUT2D eigenvalue weighted by Gasteiger charge is 2.38. The molecule has 1 N–H and O–H groups in total. The van der Waals surface area contributed by atoms with Crippen LogP contribution in [0.15, 0.2) is 41.8 Å². The molecule has 3 rings (SSSR count). The maximum absolute atomic E-state index is 5.95. The summed E-state index contributed by atoms with van der Waals surface area (Å²) in [5.74, 6) is 0. The van der Waals surface area contributed by atoms with Gasteiger partial charge in [-0.2, -0.15) is 0 Å². The Morgan fingerprint density at radius 3 is 2.47 bits per heavy atom. The first-order valence-electron chi connectivity index (χ1n) is 5.78. The second kappa shape index (κ2) is 4.45. The van der Waals surface area contributed by atoms with Gasteiger partial charge in [0, 0.05) is 28.4 Å². The molecule has 0 atom stereocenters. The van der Waals surface area contributed by atoms with Gasteiger partial charge in [0.05, 0.1) is 0 Å². The van der Waals surface area contributed by atoms with Gasteiger partial charge in [-0.25, -0.2) is 0 Å². The summed E-state index contributed by atoms with van der Waals surface area (Å²) >= 11 is 7.80. The van der Waals surface area contributed by atoms with E-state index in [9.17, 15) is 0 Å². The summed E-state index contributed by atoms with van der Waals surface area (Å²) in [4.78, 5) is 1.46. The molecule has 3 heteroatoms. The van der Waals surface area contributed by atoms with E-state index in [1.54, 1.807) is 0 Å². The van der Waals surface area contributed by atoms with E-state index in [-0.39, 0.29) is 5.41 Å². The smallest absolute Gasteiger partial charge is 0.0406 e. The molecule has 1 aliphatic rings. The Morgan fingerprint density at radius 2 is 1.94 bits per heavy atom. The van der Waals surface area contributed by atoms with E-state index in [1.165, 1.54) is 10.4 Å². The van der Waals surface area contributed by atoms with Crippen LogP contribution in [-0.2, 0) is 11.8 Å². The lowest BCUT2D eigenvalue weighted by Gasteiger charge is -2.43. The highest BCUT2D eigenvalue weighted by atomic mass is 35.5. The van der Waals surface area contributed by atoms with Gasteiger partial charge in [-0.05, 0) is 35.6 Å². The first kappa shape index (κ1) is 11.3. The monoisotopic (exact) mass is 263 g/mol. The normalized spacial score (nSPS) is 17.7. The van der Waals surface area contributed by atoms with Crippen LogP contribution in [0.4, 0.5) is 0 Å². The van der Waals surface area contributed by atoms with Crippen molar-refractivity contribution in [1.82, 2.24) is 5.32 Å². The lowest BCUT2D eigenvalue weighted by Crippen LogP contribution is -2.58. The lowest BCUT2D eigenvalue weighted by molar-refractivity contribution is 0.276. The van der Waals surface area contributed by atoms with Crippen molar-refractivity contribution in [3.8, 4) is 0 Å². The fourth-order valence-electron chi connectivity index (χ4n) is 2.41. The van der Waals surface area contributed by atoms with E-state index in [2.05, 4.69) is 35.0 Å². The van der Waals surface area contributed by atoms with Crippen LogP contribution in [0.2, 0.25) is 5.02 Å². The summed E-state index contributed by atoms with van der Waals surface area (Å²) in [7, 11) is 0. The molecule has 0 spiro atoms. The van der Waals surface area contributed by atoms with Gasteiger partial charge in [0.25, 0.3) is 0 Å². The van der Waals surface area contributed by atoms with Gasteiger partial charge in [-0.15, -0.1) is 11.3 Å². The number of rotatable bonds is 3. The molecular formula is C14H14ClNS. The second-order valence-corrected chi connectivity index (χ2v) is 6.12. The van der Waals surface area contributed by atoms with Gasteiger partial charge >= 0.3 is 0 Å². The van der Waals surface area contributed by atoms with E-state index < -0.39 is 0 Å². The molecule has 1 aliphatic heterocycles. The predicted molar refractivity (Wildman–Crippen MR) is 74.0 cm³/mol. The lowest BCUT2D eigenvalue weighted by atomic mass is 9.72. The van der Waals surface area contributed by atoms with Gasteiger partial charge in [-0.1, -0.05) is 29.8 Å². The van der Waals surface area contributed by atoms with E-state index >= 15 is 0 Å². The number of benzene rings is 1. The fraction of sp³-hybridized carbons (Fsp3) is 0.286. The molecule has 0 bridgehead atoms.